The van der Waals surface area contributed by atoms with Gasteiger partial charge in [0.1, 0.15) is 5.75 Å². The number of aryl methyl sites for hydroxylation is 3. The van der Waals surface area contributed by atoms with Gasteiger partial charge >= 0.3 is 5.97 Å². The van der Waals surface area contributed by atoms with Crippen LogP contribution in [0.25, 0.3) is 0 Å². The van der Waals surface area contributed by atoms with Gasteiger partial charge in [-0.3, -0.25) is 9.59 Å². The molecular formula is C19H25NO5. The van der Waals surface area contributed by atoms with E-state index in [-0.39, 0.29) is 25.0 Å². The van der Waals surface area contributed by atoms with Gasteiger partial charge < -0.3 is 19.5 Å². The monoisotopic (exact) mass is 347 g/mol. The molecule has 25 heavy (non-hydrogen) atoms. The molecule has 1 amide bonds. The Balaban J connectivity index is 1.68. The Morgan fingerprint density at radius 3 is 2.60 bits per heavy atom. The molecule has 1 aromatic rings. The fraction of sp³-hybridized carbons (Fsp3) is 0.579. The van der Waals surface area contributed by atoms with Crippen molar-refractivity contribution in [1.29, 1.82) is 0 Å². The van der Waals surface area contributed by atoms with Gasteiger partial charge in [0, 0.05) is 25.6 Å². The highest BCUT2D eigenvalue weighted by Crippen LogP contribution is 2.42. The number of hydrogen-bond donors (Lipinski definition) is 1. The molecule has 0 spiro atoms. The maximum atomic E-state index is 12.6. The molecule has 1 aromatic carbocycles. The molecule has 0 radical (unpaired) electrons. The highest BCUT2D eigenvalue weighted by Gasteiger charge is 2.54. The van der Waals surface area contributed by atoms with Crippen molar-refractivity contribution in [2.45, 2.75) is 27.2 Å². The summed E-state index contributed by atoms with van der Waals surface area (Å²) in [6.07, 6.45) is 0.452. The first kappa shape index (κ1) is 17.7. The summed E-state index contributed by atoms with van der Waals surface area (Å²) in [5.74, 6) is -0.422. The van der Waals surface area contributed by atoms with Crippen LogP contribution in [0.3, 0.4) is 0 Å². The Kier molecular flexibility index (Phi) is 4.73. The maximum Gasteiger partial charge on any atom is 0.311 e. The third kappa shape index (κ3) is 3.23. The number of carboxylic acids is 1. The SMILES string of the molecule is Cc1cc(C)c(OCC(=O)N2C[C@H]3COCC[C@@]3(C(=O)O)C2)c(C)c1. The lowest BCUT2D eigenvalue weighted by atomic mass is 9.74. The zero-order chi connectivity index (χ0) is 18.2. The summed E-state index contributed by atoms with van der Waals surface area (Å²) in [5.41, 5.74) is 2.27. The molecule has 2 saturated heterocycles. The van der Waals surface area contributed by atoms with Crippen LogP contribution in [0.1, 0.15) is 23.1 Å². The summed E-state index contributed by atoms with van der Waals surface area (Å²) in [6, 6.07) is 4.04. The summed E-state index contributed by atoms with van der Waals surface area (Å²) in [7, 11) is 0. The van der Waals surface area contributed by atoms with Gasteiger partial charge in [-0.1, -0.05) is 17.7 Å². The van der Waals surface area contributed by atoms with Gasteiger partial charge in [-0.25, -0.2) is 0 Å². The lowest BCUT2D eigenvalue weighted by molar-refractivity contribution is -0.157. The molecule has 0 unspecified atom stereocenters. The van der Waals surface area contributed by atoms with E-state index in [2.05, 4.69) is 0 Å². The second-order valence-corrected chi connectivity index (χ2v) is 7.27. The van der Waals surface area contributed by atoms with E-state index < -0.39 is 11.4 Å². The van der Waals surface area contributed by atoms with Crippen molar-refractivity contribution in [3.05, 3.63) is 28.8 Å². The first-order valence-corrected chi connectivity index (χ1v) is 8.63. The van der Waals surface area contributed by atoms with Gasteiger partial charge in [-0.15, -0.1) is 0 Å². The van der Waals surface area contributed by atoms with Crippen LogP contribution in [-0.2, 0) is 14.3 Å². The number of carbonyl (C=O) groups excluding carboxylic acids is 1. The van der Waals surface area contributed by atoms with E-state index in [1.165, 1.54) is 0 Å². The molecule has 2 aliphatic heterocycles. The summed E-state index contributed by atoms with van der Waals surface area (Å²) in [5, 5.41) is 9.68. The molecule has 2 atom stereocenters. The zero-order valence-corrected chi connectivity index (χ0v) is 15.0. The second kappa shape index (κ2) is 6.67. The van der Waals surface area contributed by atoms with Crippen LogP contribution in [0, 0.1) is 32.1 Å². The molecule has 0 bridgehead atoms. The number of aliphatic carboxylic acids is 1. The van der Waals surface area contributed by atoms with E-state index in [1.54, 1.807) is 4.90 Å². The average molecular weight is 347 g/mol. The lowest BCUT2D eigenvalue weighted by Crippen LogP contribution is -2.45. The molecule has 6 heteroatoms. The van der Waals surface area contributed by atoms with E-state index in [1.807, 2.05) is 32.9 Å². The molecule has 0 saturated carbocycles. The van der Waals surface area contributed by atoms with Gasteiger partial charge in [0.15, 0.2) is 6.61 Å². The molecule has 2 fully saturated rings. The van der Waals surface area contributed by atoms with Gasteiger partial charge in [0.25, 0.3) is 5.91 Å². The molecule has 2 heterocycles. The Labute approximate surface area is 147 Å². The highest BCUT2D eigenvalue weighted by atomic mass is 16.5. The Morgan fingerprint density at radius 1 is 1.32 bits per heavy atom. The van der Waals surface area contributed by atoms with E-state index in [9.17, 15) is 14.7 Å². The molecular weight excluding hydrogens is 322 g/mol. The van der Waals surface area contributed by atoms with Crippen LogP contribution < -0.4 is 4.74 Å². The van der Waals surface area contributed by atoms with Crippen molar-refractivity contribution in [1.82, 2.24) is 4.90 Å². The number of amides is 1. The van der Waals surface area contributed by atoms with Crippen LogP contribution in [0.2, 0.25) is 0 Å². The summed E-state index contributed by atoms with van der Waals surface area (Å²) in [4.78, 5) is 26.0. The number of nitrogens with zero attached hydrogens (tertiary/aromatic N) is 1. The standard InChI is InChI=1S/C19H25NO5/c1-12-6-13(2)17(14(3)7-12)25-10-16(21)20-8-15-9-24-5-4-19(15,11-20)18(22)23/h6-7,15H,4-5,8-11H2,1-3H3,(H,22,23)/t15-,19+/m0/s1. The number of carboxylic acid groups (broad SMARTS) is 1. The van der Waals surface area contributed by atoms with Gasteiger partial charge in [0.05, 0.1) is 12.0 Å². The number of likely N-dealkylation sites (tertiary alicyclic amines) is 1. The number of carbonyl (C=O) groups is 2. The summed E-state index contributed by atoms with van der Waals surface area (Å²) < 4.78 is 11.2. The first-order chi connectivity index (χ1) is 11.8. The maximum absolute atomic E-state index is 12.6. The second-order valence-electron chi connectivity index (χ2n) is 7.27. The lowest BCUT2D eigenvalue weighted by Gasteiger charge is -2.33. The van der Waals surface area contributed by atoms with Crippen molar-refractivity contribution in [2.24, 2.45) is 11.3 Å². The number of rotatable bonds is 4. The normalized spacial score (nSPS) is 25.6. The van der Waals surface area contributed by atoms with Crippen LogP contribution in [0.4, 0.5) is 0 Å². The minimum atomic E-state index is -0.871. The largest absolute Gasteiger partial charge is 0.483 e. The predicted molar refractivity (Wildman–Crippen MR) is 91.7 cm³/mol. The third-order valence-corrected chi connectivity index (χ3v) is 5.43. The van der Waals surface area contributed by atoms with E-state index >= 15 is 0 Å². The fourth-order valence-electron chi connectivity index (χ4n) is 4.11. The predicted octanol–water partition coefficient (Wildman–Crippen LogP) is 1.94. The van der Waals surface area contributed by atoms with E-state index in [0.717, 1.165) is 22.4 Å². The Hall–Kier alpha value is -2.08. The van der Waals surface area contributed by atoms with Crippen molar-refractivity contribution < 1.29 is 24.2 Å². The van der Waals surface area contributed by atoms with Gasteiger partial charge in [-0.05, 0) is 38.3 Å². The summed E-state index contributed by atoms with van der Waals surface area (Å²) >= 11 is 0. The smallest absolute Gasteiger partial charge is 0.311 e. The Morgan fingerprint density at radius 2 is 2.00 bits per heavy atom. The topological polar surface area (TPSA) is 76.1 Å². The molecule has 0 aromatic heterocycles. The van der Waals surface area contributed by atoms with Crippen molar-refractivity contribution in [3.8, 4) is 5.75 Å². The van der Waals surface area contributed by atoms with E-state index in [4.69, 9.17) is 9.47 Å². The summed E-state index contributed by atoms with van der Waals surface area (Å²) in [6.45, 7) is 7.35. The van der Waals surface area contributed by atoms with Crippen molar-refractivity contribution in [3.63, 3.8) is 0 Å². The average Bonchev–Trinajstić information content (AvgIpc) is 2.94. The van der Waals surface area contributed by atoms with Crippen LogP contribution in [-0.4, -0.2) is 54.8 Å². The molecule has 1 N–H and O–H groups in total. The molecule has 3 rings (SSSR count). The number of benzene rings is 1. The van der Waals surface area contributed by atoms with Crippen LogP contribution >= 0.6 is 0 Å². The molecule has 0 aliphatic carbocycles. The Bertz CT molecular complexity index is 678. The number of hydrogen-bond acceptors (Lipinski definition) is 4. The fourth-order valence-corrected chi connectivity index (χ4v) is 4.11. The van der Waals surface area contributed by atoms with Gasteiger partial charge in [-0.2, -0.15) is 0 Å². The van der Waals surface area contributed by atoms with E-state index in [0.29, 0.717) is 26.2 Å². The minimum absolute atomic E-state index is 0.0754. The van der Waals surface area contributed by atoms with Crippen LogP contribution in [0.15, 0.2) is 12.1 Å². The molecule has 136 valence electrons. The quantitative estimate of drug-likeness (QED) is 0.901. The number of ether oxygens (including phenoxy) is 2. The first-order valence-electron chi connectivity index (χ1n) is 8.63. The molecule has 2 aliphatic rings. The zero-order valence-electron chi connectivity index (χ0n) is 15.0. The third-order valence-electron chi connectivity index (χ3n) is 5.43. The van der Waals surface area contributed by atoms with Gasteiger partial charge in [0.2, 0.25) is 0 Å². The van der Waals surface area contributed by atoms with Crippen LogP contribution in [0.5, 0.6) is 5.75 Å². The highest BCUT2D eigenvalue weighted by molar-refractivity contribution is 5.82. The number of fused-ring (bicyclic) bond motifs is 1. The van der Waals surface area contributed by atoms with Crippen molar-refractivity contribution in [2.75, 3.05) is 32.9 Å². The van der Waals surface area contributed by atoms with Crippen molar-refractivity contribution >= 4 is 11.9 Å². The molecule has 6 nitrogen and oxygen atoms in total. The minimum Gasteiger partial charge on any atom is -0.483 e.